The molecule has 60 heavy (non-hydrogen) atoms. The van der Waals surface area contributed by atoms with Crippen LogP contribution >= 0.6 is 71.0 Å². The predicted octanol–water partition coefficient (Wildman–Crippen LogP) is 4.52. The second kappa shape index (κ2) is 36.1. The van der Waals surface area contributed by atoms with Crippen molar-refractivity contribution in [3.8, 4) is 11.4 Å². The van der Waals surface area contributed by atoms with Gasteiger partial charge in [0.05, 0.1) is 36.3 Å². The van der Waals surface area contributed by atoms with Crippen molar-refractivity contribution < 1.29 is 73.5 Å². The number of Topliss-reactive ketones (excluding diaryl/α,β-unsaturated/α-hetero) is 1. The number of ether oxygens (including phenoxy) is 1. The van der Waals surface area contributed by atoms with Gasteiger partial charge in [-0.25, -0.2) is 14.8 Å². The summed E-state index contributed by atoms with van der Waals surface area (Å²) in [5.74, 6) is 0.165. The molecule has 0 aliphatic heterocycles. The molecule has 1 aliphatic rings. The number of benzene rings is 3. The number of amidine groups is 1. The van der Waals surface area contributed by atoms with Crippen molar-refractivity contribution in [3.05, 3.63) is 145 Å². The number of aliphatic hydroxyl groups excluding tert-OH is 1. The van der Waals surface area contributed by atoms with Crippen LogP contribution in [0.4, 0.5) is 0 Å². The third-order valence-electron chi connectivity index (χ3n) is 6.70. The molecule has 0 amide bonds. The Morgan fingerprint density at radius 3 is 2.05 bits per heavy atom. The van der Waals surface area contributed by atoms with Crippen LogP contribution in [0.15, 0.2) is 122 Å². The molecule has 1 aromatic heterocycles. The molecule has 0 fully saturated rings. The average Bonchev–Trinajstić information content (AvgIpc) is 3.65. The molecular weight excluding hydrogens is 1030 g/mol. The molecule has 0 atom stereocenters. The zero-order chi connectivity index (χ0) is 44.6. The Bertz CT molecular complexity index is 2040. The molecule has 0 radical (unpaired) electrons. The first-order valence-electron chi connectivity index (χ1n) is 17.1. The number of aromatic nitrogens is 2. The molecule has 19 heteroatoms. The summed E-state index contributed by atoms with van der Waals surface area (Å²) >= 11 is 22.0. The molecule has 4 aromatic rings. The van der Waals surface area contributed by atoms with Crippen LogP contribution in [0.1, 0.15) is 37.6 Å². The number of esters is 1. The number of rotatable bonds is 11. The second-order valence-electron chi connectivity index (χ2n) is 10.7. The molecule has 0 saturated carbocycles. The topological polar surface area (TPSA) is 203 Å². The van der Waals surface area contributed by atoms with Gasteiger partial charge in [-0.2, -0.15) is 9.59 Å². The molecule has 0 unspecified atom stereocenters. The van der Waals surface area contributed by atoms with Crippen LogP contribution in [0.5, 0.6) is 0 Å². The average molecular weight is 1070 g/mol. The maximum absolute atomic E-state index is 10.4. The van der Waals surface area contributed by atoms with Gasteiger partial charge in [0.25, 0.3) is 6.47 Å². The monoisotopic (exact) mass is 1060 g/mol. The van der Waals surface area contributed by atoms with Gasteiger partial charge in [-0.15, -0.1) is 0 Å². The molecule has 314 valence electrons. The number of hydrogen-bond donors (Lipinski definition) is 2. The van der Waals surface area contributed by atoms with Crippen molar-refractivity contribution in [2.45, 2.75) is 33.7 Å². The minimum Gasteiger partial charge on any atom is -0.662 e. The minimum absolute atomic E-state index is 0. The van der Waals surface area contributed by atoms with Crippen LogP contribution in [-0.2, 0) is 46.6 Å². The zero-order valence-corrected chi connectivity index (χ0v) is 41.3. The number of carbonyl (C=O) groups is 3. The van der Waals surface area contributed by atoms with Crippen LogP contribution in [-0.4, -0.2) is 70.0 Å². The van der Waals surface area contributed by atoms with Crippen LogP contribution in [0, 0.1) is 6.08 Å². The molecule has 1 heterocycles. The predicted molar refractivity (Wildman–Crippen MR) is 235 cm³/mol. The number of nitrogens with two attached hydrogens (primary N) is 1. The second-order valence-corrected chi connectivity index (χ2v) is 13.9. The van der Waals surface area contributed by atoms with Crippen LogP contribution < -0.4 is 40.5 Å². The Balaban J connectivity index is 0. The summed E-state index contributed by atoms with van der Waals surface area (Å²) in [6.07, 6.45) is 11.8. The quantitative estimate of drug-likeness (QED) is 0.0204. The molecule has 3 N–H and O–H groups in total. The summed E-state index contributed by atoms with van der Waals surface area (Å²) in [5.41, 5.74) is 11.0. The van der Waals surface area contributed by atoms with Gasteiger partial charge in [-0.05, 0) is 67.8 Å². The first kappa shape index (κ1) is 58.5. The zero-order valence-electron chi connectivity index (χ0n) is 33.1. The van der Waals surface area contributed by atoms with Gasteiger partial charge in [0, 0.05) is 44.0 Å². The number of aliphatic hydroxyl groups is 1. The number of imidazole rings is 1. The Hall–Kier alpha value is -3.60. The number of nitrogens with zero attached hydrogens (tertiary/aromatic N) is 3. The number of aliphatic imine (C=N–C) groups is 1. The number of allylic oxidation sites excluding steroid dienone is 4. The Kier molecular flexibility index (Phi) is 35.2. The molecule has 3 aromatic carbocycles. The Labute approximate surface area is 406 Å². The fraction of sp³-hybridized carbons (Fsp3) is 0.220. The van der Waals surface area contributed by atoms with Gasteiger partial charge in [-0.1, -0.05) is 109 Å². The summed E-state index contributed by atoms with van der Waals surface area (Å²) in [6.45, 7) is 6.95. The van der Waals surface area contributed by atoms with E-state index in [9.17, 15) is 9.59 Å². The maximum Gasteiger partial charge on any atom is 1.00 e. The van der Waals surface area contributed by atoms with E-state index in [1.807, 2.05) is 66.7 Å². The van der Waals surface area contributed by atoms with E-state index in [-0.39, 0.29) is 60.7 Å². The van der Waals surface area contributed by atoms with Gasteiger partial charge in [0.15, 0.2) is 0 Å². The SMILES string of the molecule is CCO.CCOC(=O)C(=O)CBr.CCc1cn(Cc2ccccc2Cl)c(-c2ccc(Br)cc2)n1.NC(=NCC1=CC=C[C+]=C1Cl)c1ccc(Br)cc1.O=C=O.O=CO[O-].[Na+]. The number of aryl methyl sites for hydroxylation is 1. The van der Waals surface area contributed by atoms with Gasteiger partial charge in [0.1, 0.15) is 29.9 Å². The van der Waals surface area contributed by atoms with Gasteiger partial charge in [-0.3, -0.25) is 9.59 Å². The van der Waals surface area contributed by atoms with Crippen LogP contribution in [0.2, 0.25) is 5.02 Å². The molecule has 0 bridgehead atoms. The van der Waals surface area contributed by atoms with Crippen molar-refractivity contribution in [3.63, 3.8) is 0 Å². The molecule has 1 aliphatic carbocycles. The first-order chi connectivity index (χ1) is 28.3. The third-order valence-corrected chi connectivity index (χ3v) is 8.99. The van der Waals surface area contributed by atoms with E-state index in [1.54, 1.807) is 19.9 Å². The minimum atomic E-state index is -0.769. The maximum atomic E-state index is 10.4. The van der Waals surface area contributed by atoms with Gasteiger partial charge in [0.2, 0.25) is 10.8 Å². The summed E-state index contributed by atoms with van der Waals surface area (Å²) < 4.78 is 8.63. The molecule has 5 rings (SSSR count). The Morgan fingerprint density at radius 1 is 1.02 bits per heavy atom. The van der Waals surface area contributed by atoms with Gasteiger partial charge < -0.3 is 30.3 Å². The molecule has 13 nitrogen and oxygen atoms in total. The van der Waals surface area contributed by atoms with Crippen LogP contribution in [0.3, 0.4) is 0 Å². The molecule has 0 saturated heterocycles. The summed E-state index contributed by atoms with van der Waals surface area (Å²) in [5, 5.41) is 17.4. The Morgan fingerprint density at radius 2 is 1.57 bits per heavy atom. The first-order valence-corrected chi connectivity index (χ1v) is 20.6. The fourth-order valence-electron chi connectivity index (χ4n) is 4.12. The number of ketones is 1. The summed E-state index contributed by atoms with van der Waals surface area (Å²) in [4.78, 5) is 57.3. The standard InChI is InChI=1S/C18H16BrClN2.C14H11BrClN2.C5H7BrO3.C2H6O.CH2O3.CO2.Na/c1-2-16-12-22(11-14-5-3-4-6-17(14)20)18(21-16)13-7-9-15(19)10-8-13;15-12-7-5-10(6-8-12)14(17)18-9-11-3-1-2-4-13(11)16;1-2-9-5(8)4(7)3-6;1-2-3;2-1-4-3;2-1-3;/h3-10,12H,2,11H2,1H3;1-3,5-8H,9H2,(H2,17,18);2-3H2,1H3;3H,2H2,1H3;1,3H;;/q;+1;;;;;+1/p-1. The smallest absolute Gasteiger partial charge is 0.662 e. The molecular formula is C41H41Br3Cl2N4NaO9+. The molecule has 0 spiro atoms. The fourth-order valence-corrected chi connectivity index (χ4v) is 5.26. The normalized spacial score (nSPS) is 10.5. The number of alkyl halides is 1. The van der Waals surface area contributed by atoms with Crippen molar-refractivity contribution in [1.29, 1.82) is 0 Å². The van der Waals surface area contributed by atoms with Crippen molar-refractivity contribution in [2.75, 3.05) is 25.1 Å². The number of carbonyl (C=O) groups excluding carboxylic acids is 5. The van der Waals surface area contributed by atoms with Crippen molar-refractivity contribution in [2.24, 2.45) is 10.7 Å². The number of hydrogen-bond acceptors (Lipinski definition) is 11. The van der Waals surface area contributed by atoms with Crippen molar-refractivity contribution in [1.82, 2.24) is 9.55 Å². The van der Waals surface area contributed by atoms with Crippen molar-refractivity contribution >= 4 is 101 Å². The largest absolute Gasteiger partial charge is 1.00 e. The van der Waals surface area contributed by atoms with E-state index >= 15 is 0 Å². The van der Waals surface area contributed by atoms with E-state index in [0.29, 0.717) is 17.4 Å². The van der Waals surface area contributed by atoms with E-state index in [1.165, 1.54) is 0 Å². The van der Waals surface area contributed by atoms with Gasteiger partial charge >= 0.3 is 41.7 Å². The van der Waals surface area contributed by atoms with Crippen LogP contribution in [0.25, 0.3) is 11.4 Å². The van der Waals surface area contributed by atoms with E-state index in [2.05, 4.69) is 104 Å². The third kappa shape index (κ3) is 24.6. The summed E-state index contributed by atoms with van der Waals surface area (Å²) in [7, 11) is 0. The van der Waals surface area contributed by atoms with E-state index < -0.39 is 11.8 Å². The van der Waals surface area contributed by atoms with E-state index in [0.717, 1.165) is 60.7 Å². The van der Waals surface area contributed by atoms with E-state index in [4.69, 9.17) is 58.7 Å². The summed E-state index contributed by atoms with van der Waals surface area (Å²) in [6, 6.07) is 23.9. The number of halogens is 5.